The minimum atomic E-state index is 0.159. The number of likely N-dealkylation sites (tertiary alicyclic amines) is 1. The van der Waals surface area contributed by atoms with Crippen LogP contribution in [0.15, 0.2) is 53.2 Å². The highest BCUT2D eigenvalue weighted by molar-refractivity contribution is 7.08. The molecule has 0 spiro atoms. The fourth-order valence-corrected chi connectivity index (χ4v) is 3.21. The predicted molar refractivity (Wildman–Crippen MR) is 83.9 cm³/mol. The number of nitrogens with zero attached hydrogens (tertiary/aromatic N) is 1. The molecule has 0 aliphatic carbocycles. The van der Waals surface area contributed by atoms with Crippen LogP contribution >= 0.6 is 11.3 Å². The van der Waals surface area contributed by atoms with Gasteiger partial charge in [0.05, 0.1) is 11.6 Å². The first-order valence-electron chi connectivity index (χ1n) is 6.91. The highest BCUT2D eigenvalue weighted by Gasteiger charge is 2.27. The van der Waals surface area contributed by atoms with Crippen LogP contribution in [-0.4, -0.2) is 23.4 Å². The van der Waals surface area contributed by atoms with Gasteiger partial charge in [-0.25, -0.2) is 0 Å². The largest absolute Gasteiger partial charge is 0.332 e. The van der Waals surface area contributed by atoms with Crippen molar-refractivity contribution in [2.75, 3.05) is 6.54 Å². The fraction of sp³-hybridized carbons (Fsp3) is 0.235. The van der Waals surface area contributed by atoms with E-state index in [4.69, 9.17) is 0 Å². The monoisotopic (exact) mass is 283 g/mol. The van der Waals surface area contributed by atoms with E-state index in [0.717, 1.165) is 24.9 Å². The van der Waals surface area contributed by atoms with E-state index in [1.54, 1.807) is 11.3 Å². The summed E-state index contributed by atoms with van der Waals surface area (Å²) in [5.41, 5.74) is 2.00. The van der Waals surface area contributed by atoms with Crippen LogP contribution in [0.4, 0.5) is 0 Å². The molecular formula is C17H17NOS. The quantitative estimate of drug-likeness (QED) is 0.831. The molecule has 1 aromatic heterocycles. The third kappa shape index (κ3) is 2.83. The Hall–Kier alpha value is -1.87. The van der Waals surface area contributed by atoms with Crippen molar-refractivity contribution in [3.63, 3.8) is 0 Å². The summed E-state index contributed by atoms with van der Waals surface area (Å²) in [6.45, 7) is 0.860. The molecule has 1 aliphatic heterocycles. The summed E-state index contributed by atoms with van der Waals surface area (Å²) in [7, 11) is 0. The van der Waals surface area contributed by atoms with Crippen LogP contribution in [0.2, 0.25) is 0 Å². The highest BCUT2D eigenvalue weighted by Crippen LogP contribution is 2.22. The maximum Gasteiger partial charge on any atom is 0.255 e. The van der Waals surface area contributed by atoms with Crippen LogP contribution < -0.4 is 0 Å². The van der Waals surface area contributed by atoms with Gasteiger partial charge in [-0.2, -0.15) is 11.3 Å². The smallest absolute Gasteiger partial charge is 0.255 e. The first kappa shape index (κ1) is 13.1. The summed E-state index contributed by atoms with van der Waals surface area (Å²) < 4.78 is 0. The molecule has 2 aromatic rings. The number of hydrogen-bond donors (Lipinski definition) is 0. The lowest BCUT2D eigenvalue weighted by molar-refractivity contribution is 0.0762. The summed E-state index contributed by atoms with van der Waals surface area (Å²) >= 11 is 1.57. The summed E-state index contributed by atoms with van der Waals surface area (Å²) in [5.74, 6) is 0.159. The number of hydrogen-bond acceptors (Lipinski definition) is 2. The van der Waals surface area contributed by atoms with Gasteiger partial charge in [0.2, 0.25) is 0 Å². The molecule has 1 fully saturated rings. The fourth-order valence-electron chi connectivity index (χ4n) is 2.58. The van der Waals surface area contributed by atoms with E-state index >= 15 is 0 Å². The van der Waals surface area contributed by atoms with E-state index in [-0.39, 0.29) is 11.9 Å². The first-order valence-corrected chi connectivity index (χ1v) is 7.85. The molecule has 102 valence electrons. The van der Waals surface area contributed by atoms with Crippen molar-refractivity contribution < 1.29 is 4.79 Å². The van der Waals surface area contributed by atoms with E-state index < -0.39 is 0 Å². The highest BCUT2D eigenvalue weighted by atomic mass is 32.1. The van der Waals surface area contributed by atoms with Crippen molar-refractivity contribution in [1.29, 1.82) is 0 Å². The number of carbonyl (C=O) groups is 1. The Kier molecular flexibility index (Phi) is 3.97. The number of rotatable bonds is 3. The molecule has 0 radical (unpaired) electrons. The Bertz CT molecular complexity index is 589. The molecular weight excluding hydrogens is 266 g/mol. The Morgan fingerprint density at radius 2 is 2.10 bits per heavy atom. The van der Waals surface area contributed by atoms with Gasteiger partial charge in [-0.1, -0.05) is 42.5 Å². The summed E-state index contributed by atoms with van der Waals surface area (Å²) in [6.07, 6.45) is 6.41. The van der Waals surface area contributed by atoms with Crippen LogP contribution in [0, 0.1) is 0 Å². The van der Waals surface area contributed by atoms with E-state index in [9.17, 15) is 4.79 Å². The van der Waals surface area contributed by atoms with Crippen LogP contribution in [0.5, 0.6) is 0 Å². The van der Waals surface area contributed by atoms with Crippen LogP contribution in [0.25, 0.3) is 6.08 Å². The van der Waals surface area contributed by atoms with Crippen molar-refractivity contribution in [2.24, 2.45) is 0 Å². The average Bonchev–Trinajstić information content (AvgIpc) is 3.17. The van der Waals surface area contributed by atoms with Gasteiger partial charge in [-0.3, -0.25) is 4.79 Å². The van der Waals surface area contributed by atoms with Gasteiger partial charge in [0.1, 0.15) is 0 Å². The van der Waals surface area contributed by atoms with Gasteiger partial charge in [0.15, 0.2) is 0 Å². The van der Waals surface area contributed by atoms with Crippen molar-refractivity contribution in [1.82, 2.24) is 4.90 Å². The summed E-state index contributed by atoms with van der Waals surface area (Å²) in [6, 6.07) is 12.4. The van der Waals surface area contributed by atoms with Gasteiger partial charge < -0.3 is 4.90 Å². The summed E-state index contributed by atoms with van der Waals surface area (Å²) in [5, 5.41) is 3.89. The van der Waals surface area contributed by atoms with Crippen LogP contribution in [0.1, 0.15) is 28.8 Å². The zero-order chi connectivity index (χ0) is 13.8. The van der Waals surface area contributed by atoms with Crippen molar-refractivity contribution in [3.05, 3.63) is 64.4 Å². The molecule has 2 heterocycles. The molecule has 2 nitrogen and oxygen atoms in total. The second kappa shape index (κ2) is 6.06. The second-order valence-electron chi connectivity index (χ2n) is 4.99. The maximum atomic E-state index is 12.4. The minimum Gasteiger partial charge on any atom is -0.332 e. The topological polar surface area (TPSA) is 20.3 Å². The molecule has 20 heavy (non-hydrogen) atoms. The van der Waals surface area contributed by atoms with Gasteiger partial charge >= 0.3 is 0 Å². The molecule has 0 N–H and O–H groups in total. The normalized spacial score (nSPS) is 18.8. The molecule has 1 atom stereocenters. The molecule has 3 heteroatoms. The second-order valence-corrected chi connectivity index (χ2v) is 5.77. The SMILES string of the molecule is O=C(c1ccsc1)N1CCCC1/C=C/c1ccccc1. The van der Waals surface area contributed by atoms with Crippen LogP contribution in [0.3, 0.4) is 0 Å². The van der Waals surface area contributed by atoms with Crippen LogP contribution in [-0.2, 0) is 0 Å². The molecule has 1 aromatic carbocycles. The lowest BCUT2D eigenvalue weighted by atomic mass is 10.1. The number of amides is 1. The van der Waals surface area contributed by atoms with E-state index in [0.29, 0.717) is 0 Å². The molecule has 0 saturated carbocycles. The average molecular weight is 283 g/mol. The lowest BCUT2D eigenvalue weighted by Crippen LogP contribution is -2.34. The van der Waals surface area contributed by atoms with Crippen molar-refractivity contribution in [3.8, 4) is 0 Å². The molecule has 1 amide bonds. The van der Waals surface area contributed by atoms with Gasteiger partial charge in [-0.05, 0) is 29.9 Å². The Morgan fingerprint density at radius 3 is 2.85 bits per heavy atom. The summed E-state index contributed by atoms with van der Waals surface area (Å²) in [4.78, 5) is 14.4. The minimum absolute atomic E-state index is 0.159. The van der Waals surface area contributed by atoms with Crippen molar-refractivity contribution >= 4 is 23.3 Å². The zero-order valence-corrected chi connectivity index (χ0v) is 12.1. The molecule has 1 saturated heterocycles. The van der Waals surface area contributed by atoms with E-state index in [2.05, 4.69) is 24.3 Å². The first-order chi connectivity index (χ1) is 9.84. The van der Waals surface area contributed by atoms with E-state index in [1.807, 2.05) is 39.9 Å². The van der Waals surface area contributed by atoms with Gasteiger partial charge in [0, 0.05) is 11.9 Å². The number of carbonyl (C=O) groups excluding carboxylic acids is 1. The van der Waals surface area contributed by atoms with Crippen molar-refractivity contribution in [2.45, 2.75) is 18.9 Å². The standard InChI is InChI=1S/C17H17NOS/c19-17(15-10-12-20-13-15)18-11-4-7-16(18)9-8-14-5-2-1-3-6-14/h1-3,5-6,8-10,12-13,16H,4,7,11H2/b9-8+. The number of thiophene rings is 1. The van der Waals surface area contributed by atoms with E-state index in [1.165, 1.54) is 5.56 Å². The maximum absolute atomic E-state index is 12.4. The molecule has 1 unspecified atom stereocenters. The zero-order valence-electron chi connectivity index (χ0n) is 11.2. The number of benzene rings is 1. The predicted octanol–water partition coefficient (Wildman–Crippen LogP) is 4.07. The Labute approximate surface area is 123 Å². The lowest BCUT2D eigenvalue weighted by Gasteiger charge is -2.21. The van der Waals surface area contributed by atoms with Gasteiger partial charge in [-0.15, -0.1) is 0 Å². The molecule has 3 rings (SSSR count). The van der Waals surface area contributed by atoms with Gasteiger partial charge in [0.25, 0.3) is 5.91 Å². The molecule has 1 aliphatic rings. The Balaban J connectivity index is 1.73. The third-order valence-corrected chi connectivity index (χ3v) is 4.32. The molecule has 0 bridgehead atoms. The Morgan fingerprint density at radius 1 is 1.25 bits per heavy atom. The third-order valence-electron chi connectivity index (χ3n) is 3.64.